The van der Waals surface area contributed by atoms with Crippen molar-refractivity contribution in [3.05, 3.63) is 101 Å². The Morgan fingerprint density at radius 1 is 1.03 bits per heavy atom. The van der Waals surface area contributed by atoms with Gasteiger partial charge in [-0.05, 0) is 36.8 Å². The molecule has 2 atom stereocenters. The Morgan fingerprint density at radius 3 is 2.33 bits per heavy atom. The number of rotatable bonds is 6. The molecule has 186 valence electrons. The molecule has 1 fully saturated rings. The fourth-order valence-corrected chi connectivity index (χ4v) is 4.89. The normalized spacial score (nSPS) is 21.6. The van der Waals surface area contributed by atoms with E-state index in [1.54, 1.807) is 25.1 Å². The standard InChI is InChI=1S/C27H25F2N3O4/c1-16-25(26(35)31-27(13-21(33)22(34)14-27)17-7-3-2-4-8-17)32-23(30-16)11-6-12-24(32)36-15-18-19(28)9-5-10-20(18)29/h2-12,21-22,33-34H,13-15H2,1H3,(H,31,35). The summed E-state index contributed by atoms with van der Waals surface area (Å²) >= 11 is 0. The molecule has 2 unspecified atom stereocenters. The van der Waals surface area contributed by atoms with Crippen LogP contribution in [-0.4, -0.2) is 37.7 Å². The van der Waals surface area contributed by atoms with Crippen molar-refractivity contribution in [2.75, 3.05) is 0 Å². The minimum absolute atomic E-state index is 0.135. The minimum atomic E-state index is -1.00. The maximum atomic E-state index is 14.1. The van der Waals surface area contributed by atoms with Gasteiger partial charge in [-0.15, -0.1) is 0 Å². The van der Waals surface area contributed by atoms with Gasteiger partial charge in [0.1, 0.15) is 29.6 Å². The van der Waals surface area contributed by atoms with Gasteiger partial charge in [0.15, 0.2) is 5.88 Å². The van der Waals surface area contributed by atoms with E-state index in [1.165, 1.54) is 10.5 Å². The highest BCUT2D eigenvalue weighted by Crippen LogP contribution is 2.39. The number of nitrogens with zero attached hydrogens (tertiary/aromatic N) is 2. The summed E-state index contributed by atoms with van der Waals surface area (Å²) < 4.78 is 35.5. The number of aromatic nitrogens is 2. The molecule has 1 amide bonds. The molecule has 1 saturated carbocycles. The zero-order valence-electron chi connectivity index (χ0n) is 19.5. The predicted molar refractivity (Wildman–Crippen MR) is 127 cm³/mol. The van der Waals surface area contributed by atoms with E-state index in [-0.39, 0.29) is 36.6 Å². The number of fused-ring (bicyclic) bond motifs is 1. The molecule has 0 aliphatic heterocycles. The first-order valence-corrected chi connectivity index (χ1v) is 11.6. The molecular formula is C27H25F2N3O4. The molecule has 2 aromatic heterocycles. The van der Waals surface area contributed by atoms with Crippen molar-refractivity contribution in [3.8, 4) is 5.88 Å². The van der Waals surface area contributed by atoms with Crippen molar-refractivity contribution in [1.82, 2.24) is 14.7 Å². The molecule has 4 aromatic rings. The van der Waals surface area contributed by atoms with Gasteiger partial charge < -0.3 is 20.3 Å². The second-order valence-corrected chi connectivity index (χ2v) is 9.04. The summed E-state index contributed by atoms with van der Waals surface area (Å²) in [5.41, 5.74) is 0.550. The summed E-state index contributed by atoms with van der Waals surface area (Å²) in [5.74, 6) is -1.77. The Hall–Kier alpha value is -3.82. The maximum absolute atomic E-state index is 14.1. The van der Waals surface area contributed by atoms with Crippen LogP contribution >= 0.6 is 0 Å². The second kappa shape index (κ2) is 9.33. The topological polar surface area (TPSA) is 96.1 Å². The Bertz CT molecular complexity index is 1390. The lowest BCUT2D eigenvalue weighted by Crippen LogP contribution is -2.45. The quantitative estimate of drug-likeness (QED) is 0.381. The van der Waals surface area contributed by atoms with E-state index in [1.807, 2.05) is 30.3 Å². The number of hydrogen-bond acceptors (Lipinski definition) is 5. The molecule has 1 aliphatic rings. The van der Waals surface area contributed by atoms with Gasteiger partial charge in [-0.3, -0.25) is 9.20 Å². The lowest BCUT2D eigenvalue weighted by molar-refractivity contribution is 0.0438. The van der Waals surface area contributed by atoms with E-state index in [0.29, 0.717) is 11.3 Å². The molecule has 2 heterocycles. The van der Waals surface area contributed by atoms with Crippen molar-refractivity contribution >= 4 is 11.6 Å². The monoisotopic (exact) mass is 493 g/mol. The number of aryl methyl sites for hydroxylation is 1. The van der Waals surface area contributed by atoms with Crippen LogP contribution in [0, 0.1) is 18.6 Å². The Balaban J connectivity index is 1.51. The van der Waals surface area contributed by atoms with Gasteiger partial charge in [-0.2, -0.15) is 0 Å². The van der Waals surface area contributed by atoms with Crippen LogP contribution in [0.2, 0.25) is 0 Å². The highest BCUT2D eigenvalue weighted by Gasteiger charge is 2.47. The minimum Gasteiger partial charge on any atom is -0.473 e. The number of benzene rings is 2. The largest absolute Gasteiger partial charge is 0.473 e. The molecule has 0 bridgehead atoms. The molecular weight excluding hydrogens is 468 g/mol. The zero-order chi connectivity index (χ0) is 25.4. The van der Waals surface area contributed by atoms with Gasteiger partial charge >= 0.3 is 0 Å². The molecule has 7 nitrogen and oxygen atoms in total. The van der Waals surface area contributed by atoms with Gasteiger partial charge in [0.2, 0.25) is 0 Å². The van der Waals surface area contributed by atoms with Crippen LogP contribution in [0.4, 0.5) is 8.78 Å². The van der Waals surface area contributed by atoms with Gasteiger partial charge in [0, 0.05) is 12.8 Å². The van der Waals surface area contributed by atoms with Gasteiger partial charge in [0.25, 0.3) is 5.91 Å². The van der Waals surface area contributed by atoms with Gasteiger partial charge in [-0.25, -0.2) is 13.8 Å². The van der Waals surface area contributed by atoms with E-state index in [9.17, 15) is 23.8 Å². The highest BCUT2D eigenvalue weighted by atomic mass is 19.1. The van der Waals surface area contributed by atoms with Crippen LogP contribution in [0.1, 0.15) is 40.2 Å². The molecule has 5 rings (SSSR count). The van der Waals surface area contributed by atoms with E-state index in [2.05, 4.69) is 10.3 Å². The maximum Gasteiger partial charge on any atom is 0.271 e. The van der Waals surface area contributed by atoms with Crippen LogP contribution in [0.3, 0.4) is 0 Å². The average Bonchev–Trinajstić information content (AvgIpc) is 3.35. The van der Waals surface area contributed by atoms with Crippen LogP contribution in [-0.2, 0) is 12.1 Å². The number of halogens is 2. The van der Waals surface area contributed by atoms with Gasteiger partial charge in [0.05, 0.1) is 29.0 Å². The third-order valence-corrected chi connectivity index (χ3v) is 6.66. The molecule has 36 heavy (non-hydrogen) atoms. The van der Waals surface area contributed by atoms with Crippen molar-refractivity contribution in [3.63, 3.8) is 0 Å². The first-order chi connectivity index (χ1) is 17.3. The van der Waals surface area contributed by atoms with Crippen LogP contribution in [0.15, 0.2) is 66.7 Å². The number of pyridine rings is 1. The molecule has 0 saturated heterocycles. The third-order valence-electron chi connectivity index (χ3n) is 6.66. The summed E-state index contributed by atoms with van der Waals surface area (Å²) in [6.07, 6.45) is -1.72. The number of carbonyl (C=O) groups is 1. The fourth-order valence-electron chi connectivity index (χ4n) is 4.89. The summed E-state index contributed by atoms with van der Waals surface area (Å²) in [6.45, 7) is 1.29. The van der Waals surface area contributed by atoms with Crippen molar-refractivity contribution in [1.29, 1.82) is 0 Å². The number of amides is 1. The molecule has 9 heteroatoms. The number of carbonyl (C=O) groups excluding carboxylic acids is 1. The fraction of sp³-hybridized carbons (Fsp3) is 0.259. The first kappa shape index (κ1) is 23.9. The summed E-state index contributed by atoms with van der Waals surface area (Å²) in [6, 6.07) is 17.7. The number of hydrogen-bond donors (Lipinski definition) is 3. The molecule has 1 aliphatic carbocycles. The zero-order valence-corrected chi connectivity index (χ0v) is 19.5. The summed E-state index contributed by atoms with van der Waals surface area (Å²) in [7, 11) is 0. The SMILES string of the molecule is Cc1nc2cccc(OCc3c(F)cccc3F)n2c1C(=O)NC1(c2ccccc2)CC(O)C(O)C1. The highest BCUT2D eigenvalue weighted by molar-refractivity contribution is 5.95. The molecule has 2 aromatic carbocycles. The van der Waals surface area contributed by atoms with Crippen molar-refractivity contribution < 1.29 is 28.5 Å². The van der Waals surface area contributed by atoms with Gasteiger partial charge in [-0.1, -0.05) is 42.5 Å². The number of ether oxygens (including phenoxy) is 1. The average molecular weight is 494 g/mol. The van der Waals surface area contributed by atoms with Crippen LogP contribution in [0.25, 0.3) is 5.65 Å². The van der Waals surface area contributed by atoms with Crippen LogP contribution in [0.5, 0.6) is 5.88 Å². The number of nitrogens with one attached hydrogen (secondary N) is 1. The van der Waals surface area contributed by atoms with E-state index in [0.717, 1.165) is 17.7 Å². The molecule has 0 spiro atoms. The molecule has 3 N–H and O–H groups in total. The lowest BCUT2D eigenvalue weighted by Gasteiger charge is -2.31. The Labute approximate surface area is 206 Å². The van der Waals surface area contributed by atoms with Crippen molar-refractivity contribution in [2.45, 2.75) is 44.1 Å². The number of aliphatic hydroxyl groups excluding tert-OH is 2. The Kier molecular flexibility index (Phi) is 6.19. The lowest BCUT2D eigenvalue weighted by atomic mass is 9.87. The Morgan fingerprint density at radius 2 is 1.67 bits per heavy atom. The number of aliphatic hydroxyl groups is 2. The van der Waals surface area contributed by atoms with Crippen molar-refractivity contribution in [2.24, 2.45) is 0 Å². The summed E-state index contributed by atoms with van der Waals surface area (Å²) in [5, 5.41) is 23.7. The van der Waals surface area contributed by atoms with E-state index < -0.39 is 35.3 Å². The molecule has 0 radical (unpaired) electrons. The predicted octanol–water partition coefficient (Wildman–Crippen LogP) is 3.64. The van der Waals surface area contributed by atoms with E-state index >= 15 is 0 Å². The van der Waals surface area contributed by atoms with Crippen LogP contribution < -0.4 is 10.1 Å². The number of imidazole rings is 1. The third kappa shape index (κ3) is 4.20. The smallest absolute Gasteiger partial charge is 0.271 e. The second-order valence-electron chi connectivity index (χ2n) is 9.04. The van der Waals surface area contributed by atoms with E-state index in [4.69, 9.17) is 4.74 Å². The summed E-state index contributed by atoms with van der Waals surface area (Å²) in [4.78, 5) is 18.2. The first-order valence-electron chi connectivity index (χ1n) is 11.6.